The monoisotopic (exact) mass is 213 g/mol. The molecule has 1 saturated heterocycles. The van der Waals surface area contributed by atoms with E-state index in [0.29, 0.717) is 12.0 Å². The summed E-state index contributed by atoms with van der Waals surface area (Å²) in [4.78, 5) is 13.9. The zero-order valence-electron chi connectivity index (χ0n) is 7.94. The average molecular weight is 214 g/mol. The Morgan fingerprint density at radius 2 is 2.43 bits per heavy atom. The number of nitrogens with one attached hydrogen (secondary N) is 1. The van der Waals surface area contributed by atoms with Crippen molar-refractivity contribution in [1.29, 1.82) is 0 Å². The fourth-order valence-electron chi connectivity index (χ4n) is 1.57. The van der Waals surface area contributed by atoms with Gasteiger partial charge in [-0.05, 0) is 24.6 Å². The van der Waals surface area contributed by atoms with Gasteiger partial charge in [0.25, 0.3) is 0 Å². The molecular weight excluding hydrogens is 202 g/mol. The molecule has 0 aliphatic carbocycles. The summed E-state index contributed by atoms with van der Waals surface area (Å²) < 4.78 is 0. The highest BCUT2D eigenvalue weighted by Crippen LogP contribution is 2.13. The van der Waals surface area contributed by atoms with Crippen molar-refractivity contribution in [2.45, 2.75) is 12.5 Å². The number of hydrogen-bond acceptors (Lipinski definition) is 5. The highest BCUT2D eigenvalue weighted by Gasteiger charge is 2.21. The van der Waals surface area contributed by atoms with Gasteiger partial charge in [-0.25, -0.2) is 9.97 Å². The normalized spacial score (nSPS) is 21.1. The molecule has 5 nitrogen and oxygen atoms in total. The van der Waals surface area contributed by atoms with Crippen LogP contribution in [0, 0.1) is 0 Å². The molecule has 0 radical (unpaired) electrons. The third-order valence-corrected chi connectivity index (χ3v) is 2.61. The molecule has 0 bridgehead atoms. The summed E-state index contributed by atoms with van der Waals surface area (Å²) in [6, 6.07) is 0.452. The minimum absolute atomic E-state index is 0.243. The van der Waals surface area contributed by atoms with Crippen LogP contribution in [0.25, 0.3) is 0 Å². The molecule has 0 aromatic carbocycles. The minimum Gasteiger partial charge on any atom is -0.339 e. The summed E-state index contributed by atoms with van der Waals surface area (Å²) >= 11 is 5.69. The third-order valence-electron chi connectivity index (χ3n) is 2.43. The van der Waals surface area contributed by atoms with Gasteiger partial charge in [0.15, 0.2) is 0 Å². The van der Waals surface area contributed by atoms with Crippen LogP contribution >= 0.6 is 11.6 Å². The van der Waals surface area contributed by atoms with Gasteiger partial charge in [0.05, 0.1) is 0 Å². The van der Waals surface area contributed by atoms with Gasteiger partial charge in [0.2, 0.25) is 11.2 Å². The third kappa shape index (κ3) is 1.93. The molecule has 1 aromatic heterocycles. The van der Waals surface area contributed by atoms with Crippen LogP contribution < -0.4 is 10.2 Å². The Morgan fingerprint density at radius 1 is 1.57 bits per heavy atom. The van der Waals surface area contributed by atoms with Gasteiger partial charge < -0.3 is 10.2 Å². The molecule has 0 saturated carbocycles. The number of rotatable bonds is 2. The number of aromatic nitrogens is 3. The van der Waals surface area contributed by atoms with E-state index in [-0.39, 0.29) is 5.28 Å². The van der Waals surface area contributed by atoms with Crippen molar-refractivity contribution in [1.82, 2.24) is 20.3 Å². The summed E-state index contributed by atoms with van der Waals surface area (Å²) in [7, 11) is 1.98. The lowest BCUT2D eigenvalue weighted by atomic mass is 10.2. The van der Waals surface area contributed by atoms with Gasteiger partial charge >= 0.3 is 0 Å². The second-order valence-corrected chi connectivity index (χ2v) is 3.65. The lowest BCUT2D eigenvalue weighted by Crippen LogP contribution is -2.34. The molecule has 76 valence electrons. The molecule has 1 aromatic rings. The van der Waals surface area contributed by atoms with E-state index in [1.165, 1.54) is 6.33 Å². The Morgan fingerprint density at radius 3 is 3.07 bits per heavy atom. The smallest absolute Gasteiger partial charge is 0.229 e. The molecule has 0 amide bonds. The zero-order chi connectivity index (χ0) is 9.97. The fourth-order valence-corrected chi connectivity index (χ4v) is 1.69. The van der Waals surface area contributed by atoms with E-state index in [0.717, 1.165) is 19.5 Å². The molecule has 6 heteroatoms. The van der Waals surface area contributed by atoms with Gasteiger partial charge in [-0.3, -0.25) is 0 Å². The van der Waals surface area contributed by atoms with Crippen LogP contribution in [-0.4, -0.2) is 41.1 Å². The summed E-state index contributed by atoms with van der Waals surface area (Å²) in [5.74, 6) is 0.638. The molecule has 14 heavy (non-hydrogen) atoms. The number of nitrogens with zero attached hydrogens (tertiary/aromatic N) is 4. The summed E-state index contributed by atoms with van der Waals surface area (Å²) in [5.41, 5.74) is 0. The Kier molecular flexibility index (Phi) is 2.79. The van der Waals surface area contributed by atoms with Crippen molar-refractivity contribution in [3.05, 3.63) is 11.6 Å². The lowest BCUT2D eigenvalue weighted by Gasteiger charge is -2.23. The number of anilines is 1. The van der Waals surface area contributed by atoms with Crippen molar-refractivity contribution < 1.29 is 0 Å². The van der Waals surface area contributed by atoms with E-state index >= 15 is 0 Å². The Hall–Kier alpha value is -0.940. The van der Waals surface area contributed by atoms with Crippen molar-refractivity contribution in [3.63, 3.8) is 0 Å². The highest BCUT2D eigenvalue weighted by atomic mass is 35.5. The molecule has 1 aliphatic rings. The van der Waals surface area contributed by atoms with Gasteiger partial charge in [0, 0.05) is 19.6 Å². The molecule has 1 N–H and O–H groups in total. The topological polar surface area (TPSA) is 53.9 Å². The van der Waals surface area contributed by atoms with E-state index in [4.69, 9.17) is 11.6 Å². The number of likely N-dealkylation sites (N-methyl/N-ethyl adjacent to an activating group) is 1. The standard InChI is InChI=1S/C8H12ClN5/c1-14(6-2-3-10-4-6)8-12-5-11-7(9)13-8/h5-6,10H,2-4H2,1H3. The van der Waals surface area contributed by atoms with Crippen molar-refractivity contribution in [3.8, 4) is 0 Å². The maximum Gasteiger partial charge on any atom is 0.229 e. The predicted octanol–water partition coefficient (Wildman–Crippen LogP) is 0.323. The minimum atomic E-state index is 0.243. The number of halogens is 1. The molecule has 2 rings (SSSR count). The van der Waals surface area contributed by atoms with Crippen molar-refractivity contribution in [2.24, 2.45) is 0 Å². The van der Waals surface area contributed by atoms with Crippen LogP contribution in [0.4, 0.5) is 5.95 Å². The summed E-state index contributed by atoms with van der Waals surface area (Å²) in [6.07, 6.45) is 2.54. The van der Waals surface area contributed by atoms with E-state index < -0.39 is 0 Å². The molecule has 2 heterocycles. The van der Waals surface area contributed by atoms with Crippen LogP contribution in [0.5, 0.6) is 0 Å². The second kappa shape index (κ2) is 4.06. The van der Waals surface area contributed by atoms with Crippen LogP contribution in [0.1, 0.15) is 6.42 Å². The number of hydrogen-bond donors (Lipinski definition) is 1. The average Bonchev–Trinajstić information content (AvgIpc) is 2.69. The predicted molar refractivity (Wildman–Crippen MR) is 54.5 cm³/mol. The van der Waals surface area contributed by atoms with Crippen LogP contribution in [0.2, 0.25) is 5.28 Å². The first-order chi connectivity index (χ1) is 6.77. The van der Waals surface area contributed by atoms with Gasteiger partial charge in [-0.1, -0.05) is 0 Å². The lowest BCUT2D eigenvalue weighted by molar-refractivity contribution is 0.666. The van der Waals surface area contributed by atoms with Crippen LogP contribution in [0.15, 0.2) is 6.33 Å². The largest absolute Gasteiger partial charge is 0.339 e. The maximum atomic E-state index is 5.69. The quantitative estimate of drug-likeness (QED) is 0.767. The van der Waals surface area contributed by atoms with Crippen LogP contribution in [0.3, 0.4) is 0 Å². The first kappa shape index (κ1) is 9.61. The summed E-state index contributed by atoms with van der Waals surface area (Å²) in [6.45, 7) is 2.02. The molecular formula is C8H12ClN5. The van der Waals surface area contributed by atoms with E-state index in [1.807, 2.05) is 11.9 Å². The molecule has 0 spiro atoms. The summed E-state index contributed by atoms with van der Waals surface area (Å²) in [5, 5.41) is 3.54. The van der Waals surface area contributed by atoms with Gasteiger partial charge in [-0.2, -0.15) is 4.98 Å². The van der Waals surface area contributed by atoms with Gasteiger partial charge in [-0.15, -0.1) is 0 Å². The highest BCUT2D eigenvalue weighted by molar-refractivity contribution is 6.28. The molecule has 1 aliphatic heterocycles. The van der Waals surface area contributed by atoms with Gasteiger partial charge in [0.1, 0.15) is 6.33 Å². The molecule has 1 atom stereocenters. The maximum absolute atomic E-state index is 5.69. The Balaban J connectivity index is 2.13. The Labute approximate surface area is 87.5 Å². The van der Waals surface area contributed by atoms with Crippen molar-refractivity contribution in [2.75, 3.05) is 25.0 Å². The van der Waals surface area contributed by atoms with Crippen LogP contribution in [-0.2, 0) is 0 Å². The van der Waals surface area contributed by atoms with E-state index in [1.54, 1.807) is 0 Å². The SMILES string of the molecule is CN(c1ncnc(Cl)n1)C1CCNC1. The second-order valence-electron chi connectivity index (χ2n) is 3.31. The first-order valence-corrected chi connectivity index (χ1v) is 4.93. The van der Waals surface area contributed by atoms with E-state index in [9.17, 15) is 0 Å². The zero-order valence-corrected chi connectivity index (χ0v) is 8.70. The molecule has 1 unspecified atom stereocenters. The fraction of sp³-hybridized carbons (Fsp3) is 0.625. The van der Waals surface area contributed by atoms with Crippen molar-refractivity contribution >= 4 is 17.5 Å². The molecule has 1 fully saturated rings. The van der Waals surface area contributed by atoms with E-state index in [2.05, 4.69) is 20.3 Å². The Bertz CT molecular complexity index is 312. The first-order valence-electron chi connectivity index (χ1n) is 4.55.